The second kappa shape index (κ2) is 5.44. The van der Waals surface area contributed by atoms with Crippen molar-refractivity contribution in [2.24, 2.45) is 0 Å². The molecule has 0 amide bonds. The fourth-order valence-electron chi connectivity index (χ4n) is 1.34. The first-order valence-corrected chi connectivity index (χ1v) is 5.46. The minimum Gasteiger partial charge on any atom is -0.382 e. The lowest BCUT2D eigenvalue weighted by Gasteiger charge is -2.05. The van der Waals surface area contributed by atoms with Gasteiger partial charge in [0.05, 0.1) is 11.9 Å². The van der Waals surface area contributed by atoms with Gasteiger partial charge in [-0.15, -0.1) is 0 Å². The minimum absolute atomic E-state index is 0.125. The van der Waals surface area contributed by atoms with Crippen molar-refractivity contribution in [1.82, 2.24) is 25.4 Å². The fourth-order valence-corrected chi connectivity index (χ4v) is 1.49. The van der Waals surface area contributed by atoms with Gasteiger partial charge in [-0.3, -0.25) is 9.89 Å². The van der Waals surface area contributed by atoms with E-state index in [-0.39, 0.29) is 5.02 Å². The van der Waals surface area contributed by atoms with Crippen molar-refractivity contribution in [3.05, 3.63) is 33.7 Å². The van der Waals surface area contributed by atoms with Crippen molar-refractivity contribution in [1.29, 1.82) is 0 Å². The zero-order chi connectivity index (χ0) is 12.1. The van der Waals surface area contributed by atoms with Crippen LogP contribution < -0.4 is 10.9 Å². The molecule has 0 fully saturated rings. The van der Waals surface area contributed by atoms with Crippen LogP contribution in [0.4, 0.5) is 5.69 Å². The molecule has 0 spiro atoms. The molecule has 0 bridgehead atoms. The molecule has 17 heavy (non-hydrogen) atoms. The molecule has 0 aliphatic rings. The second-order valence-corrected chi connectivity index (χ2v) is 3.77. The second-order valence-electron chi connectivity index (χ2n) is 3.39. The smallest absolute Gasteiger partial charge is 0.285 e. The van der Waals surface area contributed by atoms with Crippen LogP contribution in [0.5, 0.6) is 0 Å². The summed E-state index contributed by atoms with van der Waals surface area (Å²) in [5.74, 6) is 0.835. The van der Waals surface area contributed by atoms with Crippen LogP contribution in [0, 0.1) is 0 Å². The molecular formula is C9H11ClN6O. The Balaban J connectivity index is 1.82. The zero-order valence-corrected chi connectivity index (χ0v) is 9.66. The summed E-state index contributed by atoms with van der Waals surface area (Å²) >= 11 is 5.80. The van der Waals surface area contributed by atoms with Crippen LogP contribution in [-0.2, 0) is 6.42 Å². The Morgan fingerprint density at radius 3 is 3.00 bits per heavy atom. The van der Waals surface area contributed by atoms with Crippen LogP contribution in [0.3, 0.4) is 0 Å². The molecule has 0 aliphatic carbocycles. The number of hydrogen-bond acceptors (Lipinski definition) is 5. The number of aromatic nitrogens is 5. The Bertz CT molecular complexity index is 523. The Hall–Kier alpha value is -1.89. The van der Waals surface area contributed by atoms with E-state index >= 15 is 0 Å². The molecule has 2 aromatic rings. The molecule has 0 saturated heterocycles. The largest absolute Gasteiger partial charge is 0.382 e. The molecule has 0 aliphatic heterocycles. The molecule has 3 N–H and O–H groups in total. The van der Waals surface area contributed by atoms with Gasteiger partial charge in [-0.1, -0.05) is 11.6 Å². The monoisotopic (exact) mass is 254 g/mol. The van der Waals surface area contributed by atoms with Gasteiger partial charge in [0.15, 0.2) is 0 Å². The Morgan fingerprint density at radius 2 is 2.24 bits per heavy atom. The van der Waals surface area contributed by atoms with E-state index in [2.05, 4.69) is 30.7 Å². The highest BCUT2D eigenvalue weighted by molar-refractivity contribution is 6.32. The molecule has 0 saturated carbocycles. The zero-order valence-electron chi connectivity index (χ0n) is 8.90. The molecule has 2 heterocycles. The third kappa shape index (κ3) is 3.04. The van der Waals surface area contributed by atoms with E-state index in [4.69, 9.17) is 11.6 Å². The van der Waals surface area contributed by atoms with Gasteiger partial charge in [-0.2, -0.15) is 10.2 Å². The van der Waals surface area contributed by atoms with Gasteiger partial charge < -0.3 is 5.32 Å². The highest BCUT2D eigenvalue weighted by atomic mass is 35.5. The van der Waals surface area contributed by atoms with Crippen LogP contribution in [0.2, 0.25) is 5.02 Å². The molecule has 0 unspecified atom stereocenters. The molecule has 0 radical (unpaired) electrons. The van der Waals surface area contributed by atoms with Crippen molar-refractivity contribution in [2.75, 3.05) is 11.9 Å². The van der Waals surface area contributed by atoms with E-state index in [1.807, 2.05) is 0 Å². The highest BCUT2D eigenvalue weighted by Gasteiger charge is 2.03. The molecule has 0 atom stereocenters. The van der Waals surface area contributed by atoms with Crippen LogP contribution in [0.15, 0.2) is 17.3 Å². The highest BCUT2D eigenvalue weighted by Crippen LogP contribution is 2.13. The van der Waals surface area contributed by atoms with Crippen molar-refractivity contribution in [2.45, 2.75) is 12.8 Å². The van der Waals surface area contributed by atoms with E-state index in [1.54, 1.807) is 0 Å². The summed E-state index contributed by atoms with van der Waals surface area (Å²) < 4.78 is 0. The number of rotatable bonds is 5. The molecule has 2 rings (SSSR count). The van der Waals surface area contributed by atoms with Crippen molar-refractivity contribution < 1.29 is 0 Å². The maximum atomic E-state index is 11.1. The lowest BCUT2D eigenvalue weighted by molar-refractivity contribution is 0.804. The maximum Gasteiger partial charge on any atom is 0.285 e. The summed E-state index contributed by atoms with van der Waals surface area (Å²) in [5, 5.41) is 15.6. The first-order chi connectivity index (χ1) is 8.27. The summed E-state index contributed by atoms with van der Waals surface area (Å²) in [6.45, 7) is 0.672. The predicted octanol–water partition coefficient (Wildman–Crippen LogP) is 0.586. The average Bonchev–Trinajstić information content (AvgIpc) is 2.83. The van der Waals surface area contributed by atoms with Gasteiger partial charge in [-0.25, -0.2) is 10.1 Å². The normalized spacial score (nSPS) is 10.4. The number of hydrogen-bond donors (Lipinski definition) is 3. The number of nitrogens with zero attached hydrogens (tertiary/aromatic N) is 3. The molecular weight excluding hydrogens is 244 g/mol. The third-order valence-electron chi connectivity index (χ3n) is 2.17. The van der Waals surface area contributed by atoms with Crippen molar-refractivity contribution in [3.63, 3.8) is 0 Å². The topological polar surface area (TPSA) is 99.3 Å². The van der Waals surface area contributed by atoms with Gasteiger partial charge >= 0.3 is 0 Å². The van der Waals surface area contributed by atoms with E-state index in [0.29, 0.717) is 12.2 Å². The lowest BCUT2D eigenvalue weighted by Crippen LogP contribution is -2.12. The van der Waals surface area contributed by atoms with E-state index < -0.39 is 5.56 Å². The summed E-state index contributed by atoms with van der Waals surface area (Å²) in [6.07, 6.45) is 4.58. The third-order valence-corrected chi connectivity index (χ3v) is 2.54. The van der Waals surface area contributed by atoms with Crippen LogP contribution >= 0.6 is 11.6 Å². The Kier molecular flexibility index (Phi) is 3.71. The van der Waals surface area contributed by atoms with Gasteiger partial charge in [0.25, 0.3) is 5.56 Å². The Morgan fingerprint density at radius 1 is 1.35 bits per heavy atom. The first kappa shape index (κ1) is 11.6. The summed E-state index contributed by atoms with van der Waals surface area (Å²) in [4.78, 5) is 15.2. The number of halogens is 1. The first-order valence-electron chi connectivity index (χ1n) is 5.08. The van der Waals surface area contributed by atoms with Gasteiger partial charge in [0.1, 0.15) is 17.2 Å². The fraction of sp³-hybridized carbons (Fsp3) is 0.333. The molecule has 7 nitrogen and oxygen atoms in total. The molecule has 8 heteroatoms. The van der Waals surface area contributed by atoms with Gasteiger partial charge in [-0.05, 0) is 6.42 Å². The average molecular weight is 255 g/mol. The predicted molar refractivity (Wildman–Crippen MR) is 63.1 cm³/mol. The van der Waals surface area contributed by atoms with Crippen LogP contribution in [-0.4, -0.2) is 31.9 Å². The quantitative estimate of drug-likeness (QED) is 0.678. The number of aromatic amines is 2. The molecule has 0 aromatic carbocycles. The van der Waals surface area contributed by atoms with Gasteiger partial charge in [0, 0.05) is 13.0 Å². The number of nitrogens with one attached hydrogen (secondary N) is 3. The SMILES string of the molecule is O=c1[nH]ncc(NCCCc2ncn[nH]2)c1Cl. The standard InChI is InChI=1S/C9H11ClN6O/c10-8-6(4-13-16-9(8)17)11-3-1-2-7-12-5-14-15-7/h4-5H,1-3H2,(H2,11,16,17)(H,12,14,15). The van der Waals surface area contributed by atoms with Crippen molar-refractivity contribution in [3.8, 4) is 0 Å². The molecule has 2 aromatic heterocycles. The lowest BCUT2D eigenvalue weighted by atomic mass is 10.3. The number of H-pyrrole nitrogens is 2. The number of aryl methyl sites for hydroxylation is 1. The number of anilines is 1. The molecule has 90 valence electrons. The van der Waals surface area contributed by atoms with Gasteiger partial charge in [0.2, 0.25) is 0 Å². The summed E-state index contributed by atoms with van der Waals surface area (Å²) in [6, 6.07) is 0. The Labute approximate surface area is 102 Å². The maximum absolute atomic E-state index is 11.1. The van der Waals surface area contributed by atoms with Crippen molar-refractivity contribution >= 4 is 17.3 Å². The van der Waals surface area contributed by atoms with Crippen LogP contribution in [0.25, 0.3) is 0 Å². The summed E-state index contributed by atoms with van der Waals surface area (Å²) in [7, 11) is 0. The van der Waals surface area contributed by atoms with Crippen LogP contribution in [0.1, 0.15) is 12.2 Å². The summed E-state index contributed by atoms with van der Waals surface area (Å²) in [5.41, 5.74) is 0.139. The minimum atomic E-state index is -0.396. The van der Waals surface area contributed by atoms with E-state index in [9.17, 15) is 4.79 Å². The van der Waals surface area contributed by atoms with E-state index in [1.165, 1.54) is 12.5 Å². The van der Waals surface area contributed by atoms with E-state index in [0.717, 1.165) is 18.7 Å².